The molecule has 0 unspecified atom stereocenters. The summed E-state index contributed by atoms with van der Waals surface area (Å²) in [6, 6.07) is 6.39. The molecule has 4 heteroatoms. The highest BCUT2D eigenvalue weighted by atomic mass is 19.1. The second kappa shape index (κ2) is 5.57. The Morgan fingerprint density at radius 3 is 2.70 bits per heavy atom. The second-order valence-corrected chi connectivity index (χ2v) is 5.34. The summed E-state index contributed by atoms with van der Waals surface area (Å²) in [5.74, 6) is 0.541. The van der Waals surface area contributed by atoms with Crippen molar-refractivity contribution in [3.8, 4) is 0 Å². The Balaban J connectivity index is 1.85. The SMILES string of the molecule is O=C1NC(C2CCCCC2)=N/C1=C\c1ccccc1F. The van der Waals surface area contributed by atoms with Crippen molar-refractivity contribution in [2.45, 2.75) is 32.1 Å². The molecule has 0 radical (unpaired) electrons. The van der Waals surface area contributed by atoms with Crippen molar-refractivity contribution in [3.05, 3.63) is 41.3 Å². The molecule has 1 aliphatic carbocycles. The Morgan fingerprint density at radius 2 is 1.95 bits per heavy atom. The molecule has 1 aliphatic heterocycles. The Bertz CT molecular complexity index is 586. The van der Waals surface area contributed by atoms with E-state index >= 15 is 0 Å². The quantitative estimate of drug-likeness (QED) is 0.825. The maximum Gasteiger partial charge on any atom is 0.275 e. The lowest BCUT2D eigenvalue weighted by Crippen LogP contribution is -2.31. The average molecular weight is 272 g/mol. The van der Waals surface area contributed by atoms with Crippen molar-refractivity contribution >= 4 is 17.8 Å². The predicted octanol–water partition coefficient (Wildman–Crippen LogP) is 3.28. The normalized spacial score (nSPS) is 21.9. The smallest absolute Gasteiger partial charge is 0.275 e. The Hall–Kier alpha value is -1.97. The van der Waals surface area contributed by atoms with Gasteiger partial charge < -0.3 is 5.32 Å². The molecule has 0 spiro atoms. The molecule has 104 valence electrons. The molecule has 1 saturated carbocycles. The molecule has 1 aromatic carbocycles. The summed E-state index contributed by atoms with van der Waals surface area (Å²) in [5, 5.41) is 2.83. The summed E-state index contributed by atoms with van der Waals surface area (Å²) in [6.07, 6.45) is 7.30. The molecule has 20 heavy (non-hydrogen) atoms. The van der Waals surface area contributed by atoms with Gasteiger partial charge in [-0.25, -0.2) is 9.38 Å². The molecule has 1 heterocycles. The van der Waals surface area contributed by atoms with Gasteiger partial charge in [0.2, 0.25) is 0 Å². The molecule has 0 bridgehead atoms. The lowest BCUT2D eigenvalue weighted by Gasteiger charge is -2.20. The molecule has 1 fully saturated rings. The average Bonchev–Trinajstić information content (AvgIpc) is 2.84. The molecule has 0 atom stereocenters. The number of hydrogen-bond donors (Lipinski definition) is 1. The maximum absolute atomic E-state index is 13.6. The second-order valence-electron chi connectivity index (χ2n) is 5.34. The molecule has 1 amide bonds. The molecular formula is C16H17FN2O. The maximum atomic E-state index is 13.6. The molecule has 0 saturated heterocycles. The molecule has 3 rings (SSSR count). The summed E-state index contributed by atoms with van der Waals surface area (Å²) < 4.78 is 13.6. The Kier molecular flexibility index (Phi) is 3.63. The minimum Gasteiger partial charge on any atom is -0.308 e. The van der Waals surface area contributed by atoms with Crippen molar-refractivity contribution in [1.29, 1.82) is 0 Å². The van der Waals surface area contributed by atoms with Gasteiger partial charge in [0.15, 0.2) is 0 Å². The number of nitrogens with one attached hydrogen (secondary N) is 1. The number of carbonyl (C=O) groups is 1. The summed E-state index contributed by atoms with van der Waals surface area (Å²) >= 11 is 0. The van der Waals surface area contributed by atoms with Crippen LogP contribution in [0.3, 0.4) is 0 Å². The molecule has 2 aliphatic rings. The van der Waals surface area contributed by atoms with Crippen LogP contribution in [0.5, 0.6) is 0 Å². The number of amidine groups is 1. The van der Waals surface area contributed by atoms with Crippen LogP contribution in [0.2, 0.25) is 0 Å². The molecule has 3 nitrogen and oxygen atoms in total. The summed E-state index contributed by atoms with van der Waals surface area (Å²) in [4.78, 5) is 16.3. The first kappa shape index (κ1) is 13.0. The van der Waals surface area contributed by atoms with Crippen LogP contribution in [0, 0.1) is 11.7 Å². The summed E-state index contributed by atoms with van der Waals surface area (Å²) in [6.45, 7) is 0. The fourth-order valence-corrected chi connectivity index (χ4v) is 2.80. The van der Waals surface area contributed by atoms with Crippen LogP contribution >= 0.6 is 0 Å². The fraction of sp³-hybridized carbons (Fsp3) is 0.375. The van der Waals surface area contributed by atoms with Crippen molar-refractivity contribution in [2.24, 2.45) is 10.9 Å². The summed E-state index contributed by atoms with van der Waals surface area (Å²) in [5.41, 5.74) is 0.696. The van der Waals surface area contributed by atoms with Crippen LogP contribution in [0.4, 0.5) is 4.39 Å². The number of nitrogens with zero attached hydrogens (tertiary/aromatic N) is 1. The zero-order valence-corrected chi connectivity index (χ0v) is 11.2. The first-order valence-electron chi connectivity index (χ1n) is 7.10. The lowest BCUT2D eigenvalue weighted by molar-refractivity contribution is -0.115. The lowest BCUT2D eigenvalue weighted by atomic mass is 9.88. The van der Waals surface area contributed by atoms with E-state index in [0.717, 1.165) is 18.7 Å². The summed E-state index contributed by atoms with van der Waals surface area (Å²) in [7, 11) is 0. The first-order chi connectivity index (χ1) is 9.74. The molecular weight excluding hydrogens is 255 g/mol. The molecule has 1 N–H and O–H groups in total. The van der Waals surface area contributed by atoms with Gasteiger partial charge in [-0.15, -0.1) is 0 Å². The standard InChI is InChI=1S/C16H17FN2O/c17-13-9-5-4-8-12(13)10-14-16(20)19-15(18-14)11-6-2-1-3-7-11/h4-5,8-11H,1-3,6-7H2,(H,18,19,20)/b14-10-. The predicted molar refractivity (Wildman–Crippen MR) is 76.5 cm³/mol. The van der Waals surface area contributed by atoms with E-state index in [1.165, 1.54) is 31.4 Å². The van der Waals surface area contributed by atoms with E-state index in [9.17, 15) is 9.18 Å². The number of amides is 1. The van der Waals surface area contributed by atoms with Gasteiger partial charge in [-0.3, -0.25) is 4.79 Å². The van der Waals surface area contributed by atoms with Gasteiger partial charge in [-0.2, -0.15) is 0 Å². The first-order valence-corrected chi connectivity index (χ1v) is 7.10. The van der Waals surface area contributed by atoms with E-state index in [2.05, 4.69) is 10.3 Å². The third kappa shape index (κ3) is 2.64. The number of rotatable bonds is 2. The zero-order chi connectivity index (χ0) is 13.9. The van der Waals surface area contributed by atoms with Crippen LogP contribution in [0.25, 0.3) is 6.08 Å². The van der Waals surface area contributed by atoms with Crippen LogP contribution in [0.1, 0.15) is 37.7 Å². The van der Waals surface area contributed by atoms with E-state index in [0.29, 0.717) is 17.2 Å². The van der Waals surface area contributed by atoms with E-state index in [-0.39, 0.29) is 11.7 Å². The van der Waals surface area contributed by atoms with E-state index in [1.807, 2.05) is 0 Å². The number of aliphatic imine (C=N–C) groups is 1. The van der Waals surface area contributed by atoms with Crippen molar-refractivity contribution in [3.63, 3.8) is 0 Å². The van der Waals surface area contributed by atoms with Crippen molar-refractivity contribution in [1.82, 2.24) is 5.32 Å². The minimum absolute atomic E-state index is 0.228. The van der Waals surface area contributed by atoms with Gasteiger partial charge >= 0.3 is 0 Å². The van der Waals surface area contributed by atoms with Gasteiger partial charge in [0.25, 0.3) is 5.91 Å². The number of hydrogen-bond acceptors (Lipinski definition) is 2. The van der Waals surface area contributed by atoms with Crippen LogP contribution in [0.15, 0.2) is 35.0 Å². The Morgan fingerprint density at radius 1 is 1.20 bits per heavy atom. The molecule has 1 aromatic rings. The van der Waals surface area contributed by atoms with Gasteiger partial charge in [0.05, 0.1) is 0 Å². The van der Waals surface area contributed by atoms with Crippen molar-refractivity contribution in [2.75, 3.05) is 0 Å². The number of halogens is 1. The minimum atomic E-state index is -0.339. The highest BCUT2D eigenvalue weighted by Gasteiger charge is 2.27. The topological polar surface area (TPSA) is 41.5 Å². The monoisotopic (exact) mass is 272 g/mol. The van der Waals surface area contributed by atoms with Gasteiger partial charge in [-0.1, -0.05) is 37.5 Å². The van der Waals surface area contributed by atoms with E-state index in [1.54, 1.807) is 18.2 Å². The highest BCUT2D eigenvalue weighted by molar-refractivity contribution is 6.15. The van der Waals surface area contributed by atoms with E-state index < -0.39 is 0 Å². The van der Waals surface area contributed by atoms with E-state index in [4.69, 9.17) is 0 Å². The fourth-order valence-electron chi connectivity index (χ4n) is 2.80. The third-order valence-electron chi connectivity index (χ3n) is 3.90. The largest absolute Gasteiger partial charge is 0.308 e. The molecule has 0 aromatic heterocycles. The van der Waals surface area contributed by atoms with Gasteiger partial charge in [0.1, 0.15) is 17.3 Å². The van der Waals surface area contributed by atoms with Crippen LogP contribution < -0.4 is 5.32 Å². The van der Waals surface area contributed by atoms with Crippen LogP contribution in [-0.4, -0.2) is 11.7 Å². The van der Waals surface area contributed by atoms with Gasteiger partial charge in [-0.05, 0) is 25.0 Å². The van der Waals surface area contributed by atoms with Crippen molar-refractivity contribution < 1.29 is 9.18 Å². The third-order valence-corrected chi connectivity index (χ3v) is 3.90. The Labute approximate surface area is 117 Å². The number of carbonyl (C=O) groups excluding carboxylic acids is 1. The van der Waals surface area contributed by atoms with Crippen LogP contribution in [-0.2, 0) is 4.79 Å². The zero-order valence-electron chi connectivity index (χ0n) is 11.2. The highest BCUT2D eigenvalue weighted by Crippen LogP contribution is 2.27. The van der Waals surface area contributed by atoms with Gasteiger partial charge in [0, 0.05) is 11.5 Å². The number of benzene rings is 1.